The molecule has 2 nitrogen and oxygen atoms in total. The van der Waals surface area contributed by atoms with Crippen molar-refractivity contribution in [2.24, 2.45) is 0 Å². The topological polar surface area (TPSA) is 20.3 Å². The summed E-state index contributed by atoms with van der Waals surface area (Å²) in [5.41, 5.74) is 5.83. The fourth-order valence-electron chi connectivity index (χ4n) is 4.40. The summed E-state index contributed by atoms with van der Waals surface area (Å²) in [6.07, 6.45) is 2.45. The molecule has 3 aromatic rings. The molecule has 0 spiro atoms. The summed E-state index contributed by atoms with van der Waals surface area (Å²) in [5, 5.41) is 0. The highest BCUT2D eigenvalue weighted by molar-refractivity contribution is 5.96. The summed E-state index contributed by atoms with van der Waals surface area (Å²) in [6, 6.07) is 27.3. The van der Waals surface area contributed by atoms with Gasteiger partial charge in [0.15, 0.2) is 0 Å². The van der Waals surface area contributed by atoms with E-state index in [9.17, 15) is 4.79 Å². The monoisotopic (exact) mass is 427 g/mol. The minimum Gasteiger partial charge on any atom is -0.300 e. The van der Waals surface area contributed by atoms with Crippen molar-refractivity contribution in [1.82, 2.24) is 0 Å². The number of para-hydroxylation sites is 1. The van der Waals surface area contributed by atoms with Gasteiger partial charge in [-0.05, 0) is 40.5 Å². The zero-order chi connectivity index (χ0) is 23.1. The second-order valence-electron chi connectivity index (χ2n) is 9.19. The number of anilines is 1. The molecule has 168 valence electrons. The second kappa shape index (κ2) is 11.1. The van der Waals surface area contributed by atoms with E-state index in [1.807, 2.05) is 12.1 Å². The van der Waals surface area contributed by atoms with Gasteiger partial charge < -0.3 is 4.90 Å². The molecule has 1 amide bonds. The Kier molecular flexibility index (Phi) is 8.27. The fourth-order valence-corrected chi connectivity index (χ4v) is 4.40. The molecule has 0 aromatic heterocycles. The van der Waals surface area contributed by atoms with E-state index in [0.29, 0.717) is 18.3 Å². The highest BCUT2D eigenvalue weighted by Gasteiger charge is 2.32. The van der Waals surface area contributed by atoms with Gasteiger partial charge in [0.25, 0.3) is 0 Å². The molecule has 0 aliphatic rings. The van der Waals surface area contributed by atoms with E-state index in [-0.39, 0.29) is 11.9 Å². The molecule has 32 heavy (non-hydrogen) atoms. The van der Waals surface area contributed by atoms with Gasteiger partial charge in [0.1, 0.15) is 0 Å². The van der Waals surface area contributed by atoms with Crippen LogP contribution in [0.15, 0.2) is 78.9 Å². The molecule has 2 heteroatoms. The van der Waals surface area contributed by atoms with Crippen LogP contribution in [0.5, 0.6) is 0 Å². The summed E-state index contributed by atoms with van der Waals surface area (Å²) >= 11 is 0. The maximum Gasteiger partial charge on any atom is 0.227 e. The first-order chi connectivity index (χ1) is 15.5. The summed E-state index contributed by atoms with van der Waals surface area (Å²) in [7, 11) is 0. The molecule has 0 heterocycles. The molecule has 3 aromatic carbocycles. The van der Waals surface area contributed by atoms with Gasteiger partial charge in [0.2, 0.25) is 5.91 Å². The molecule has 0 fully saturated rings. The van der Waals surface area contributed by atoms with Crippen molar-refractivity contribution in [3.05, 3.63) is 101 Å². The predicted molar refractivity (Wildman–Crippen MR) is 136 cm³/mol. The minimum absolute atomic E-state index is 0.167. The van der Waals surface area contributed by atoms with Crippen molar-refractivity contribution in [2.45, 2.75) is 71.8 Å². The van der Waals surface area contributed by atoms with E-state index in [1.165, 1.54) is 11.1 Å². The molecule has 0 saturated heterocycles. The lowest BCUT2D eigenvalue weighted by Crippen LogP contribution is -2.37. The zero-order valence-corrected chi connectivity index (χ0v) is 20.2. The van der Waals surface area contributed by atoms with Crippen LogP contribution in [-0.4, -0.2) is 5.91 Å². The van der Waals surface area contributed by atoms with Gasteiger partial charge in [-0.15, -0.1) is 0 Å². The molecular weight excluding hydrogens is 390 g/mol. The van der Waals surface area contributed by atoms with Crippen molar-refractivity contribution >= 4 is 11.6 Å². The number of carbonyl (C=O) groups excluding carboxylic acids is 1. The normalized spacial score (nSPS) is 11.4. The number of benzene rings is 3. The van der Waals surface area contributed by atoms with E-state index < -0.39 is 0 Å². The Hall–Kier alpha value is -2.87. The molecular formula is C30H37NO. The molecule has 0 radical (unpaired) electrons. The third kappa shape index (κ3) is 5.30. The van der Waals surface area contributed by atoms with Crippen molar-refractivity contribution in [3.63, 3.8) is 0 Å². The van der Waals surface area contributed by atoms with Crippen LogP contribution in [-0.2, 0) is 4.79 Å². The number of carbonyl (C=O) groups is 1. The molecule has 0 N–H and O–H groups in total. The summed E-state index contributed by atoms with van der Waals surface area (Å²) < 4.78 is 0. The Morgan fingerprint density at radius 3 is 1.59 bits per heavy atom. The number of unbranched alkanes of at least 4 members (excludes halogenated alkanes) is 1. The number of hydrogen-bond acceptors (Lipinski definition) is 1. The van der Waals surface area contributed by atoms with Crippen LogP contribution in [0.3, 0.4) is 0 Å². The average Bonchev–Trinajstić information content (AvgIpc) is 2.81. The standard InChI is InChI=1S/C30H37NO/c1-6-7-21-28(32)31(30-26(22(2)3)19-14-20-27(30)23(4)5)29(24-15-10-8-11-16-24)25-17-12-9-13-18-25/h8-20,22-23,29H,6-7,21H2,1-5H3. The van der Waals surface area contributed by atoms with Crippen LogP contribution in [0.4, 0.5) is 5.69 Å². The molecule has 3 rings (SSSR count). The highest BCUT2D eigenvalue weighted by atomic mass is 16.2. The number of hydrogen-bond donors (Lipinski definition) is 0. The number of amides is 1. The van der Waals surface area contributed by atoms with E-state index in [2.05, 4.69) is 106 Å². The first kappa shape index (κ1) is 23.8. The maximum atomic E-state index is 14.0. The van der Waals surface area contributed by atoms with E-state index in [0.717, 1.165) is 29.7 Å². The van der Waals surface area contributed by atoms with E-state index in [4.69, 9.17) is 0 Å². The van der Waals surface area contributed by atoms with Crippen LogP contribution in [0.1, 0.15) is 94.0 Å². The molecule has 0 atom stereocenters. The Morgan fingerprint density at radius 2 is 1.19 bits per heavy atom. The quantitative estimate of drug-likeness (QED) is 0.337. The third-order valence-corrected chi connectivity index (χ3v) is 6.09. The minimum atomic E-state index is -0.167. The first-order valence-corrected chi connectivity index (χ1v) is 12.0. The van der Waals surface area contributed by atoms with E-state index >= 15 is 0 Å². The average molecular weight is 428 g/mol. The van der Waals surface area contributed by atoms with E-state index in [1.54, 1.807) is 0 Å². The van der Waals surface area contributed by atoms with Crippen molar-refractivity contribution in [2.75, 3.05) is 4.90 Å². The Morgan fingerprint density at radius 1 is 0.719 bits per heavy atom. The highest BCUT2D eigenvalue weighted by Crippen LogP contribution is 2.42. The molecule has 0 saturated carbocycles. The van der Waals surface area contributed by atoms with Gasteiger partial charge in [0.05, 0.1) is 11.7 Å². The summed E-state index contributed by atoms with van der Waals surface area (Å²) in [4.78, 5) is 16.1. The molecule has 0 bridgehead atoms. The molecule has 0 aliphatic heterocycles. The van der Waals surface area contributed by atoms with Crippen molar-refractivity contribution < 1.29 is 4.79 Å². The van der Waals surface area contributed by atoms with Crippen LogP contribution in [0, 0.1) is 0 Å². The fraction of sp³-hybridized carbons (Fsp3) is 0.367. The largest absolute Gasteiger partial charge is 0.300 e. The lowest BCUT2D eigenvalue weighted by molar-refractivity contribution is -0.119. The SMILES string of the molecule is CCCCC(=O)N(c1c(C(C)C)cccc1C(C)C)C(c1ccccc1)c1ccccc1. The number of nitrogens with zero attached hydrogens (tertiary/aromatic N) is 1. The third-order valence-electron chi connectivity index (χ3n) is 6.09. The number of rotatable bonds is 9. The Bertz CT molecular complexity index is 926. The van der Waals surface area contributed by atoms with Crippen molar-refractivity contribution in [1.29, 1.82) is 0 Å². The van der Waals surface area contributed by atoms with Crippen LogP contribution < -0.4 is 4.90 Å². The van der Waals surface area contributed by atoms with Gasteiger partial charge in [-0.2, -0.15) is 0 Å². The Balaban J connectivity index is 2.32. The van der Waals surface area contributed by atoms with Gasteiger partial charge in [-0.3, -0.25) is 4.79 Å². The first-order valence-electron chi connectivity index (χ1n) is 12.0. The summed E-state index contributed by atoms with van der Waals surface area (Å²) in [6.45, 7) is 11.0. The predicted octanol–water partition coefficient (Wildman–Crippen LogP) is 8.25. The second-order valence-corrected chi connectivity index (χ2v) is 9.19. The van der Waals surface area contributed by atoms with Gasteiger partial charge in [0, 0.05) is 6.42 Å². The van der Waals surface area contributed by atoms with Crippen LogP contribution in [0.2, 0.25) is 0 Å². The van der Waals surface area contributed by atoms with Crippen LogP contribution in [0.25, 0.3) is 0 Å². The van der Waals surface area contributed by atoms with Gasteiger partial charge in [-0.25, -0.2) is 0 Å². The molecule has 0 unspecified atom stereocenters. The zero-order valence-electron chi connectivity index (χ0n) is 20.2. The smallest absolute Gasteiger partial charge is 0.227 e. The van der Waals surface area contributed by atoms with Gasteiger partial charge in [-0.1, -0.05) is 120 Å². The summed E-state index contributed by atoms with van der Waals surface area (Å²) in [5.74, 6) is 0.828. The van der Waals surface area contributed by atoms with Crippen LogP contribution >= 0.6 is 0 Å². The molecule has 0 aliphatic carbocycles. The van der Waals surface area contributed by atoms with Crippen molar-refractivity contribution in [3.8, 4) is 0 Å². The Labute approximate surface area is 194 Å². The van der Waals surface area contributed by atoms with Gasteiger partial charge >= 0.3 is 0 Å². The maximum absolute atomic E-state index is 14.0. The lowest BCUT2D eigenvalue weighted by atomic mass is 9.88. The lowest BCUT2D eigenvalue weighted by Gasteiger charge is -2.37.